The van der Waals surface area contributed by atoms with Crippen LogP contribution < -0.4 is 5.32 Å². The van der Waals surface area contributed by atoms with E-state index in [1.807, 2.05) is 0 Å². The summed E-state index contributed by atoms with van der Waals surface area (Å²) in [5, 5.41) is 3.67. The number of anilines is 1. The van der Waals surface area contributed by atoms with Crippen LogP contribution in [0.15, 0.2) is 60.2 Å². The molecule has 1 atom stereocenters. The van der Waals surface area contributed by atoms with Crippen molar-refractivity contribution in [1.82, 2.24) is 0 Å². The zero-order valence-electron chi connectivity index (χ0n) is 10.8. The maximum atomic E-state index is 3.67. The van der Waals surface area contributed by atoms with Crippen molar-refractivity contribution in [1.29, 1.82) is 0 Å². The number of para-hydroxylation sites is 1. The summed E-state index contributed by atoms with van der Waals surface area (Å²) < 4.78 is 0. The molecule has 90 valence electrons. The first-order valence-electron chi connectivity index (χ1n) is 6.32. The molecule has 18 heavy (non-hydrogen) atoms. The molecule has 2 aromatic rings. The Morgan fingerprint density at radius 3 is 2.33 bits per heavy atom. The molecule has 0 aromatic heterocycles. The van der Waals surface area contributed by atoms with Gasteiger partial charge in [-0.3, -0.25) is 0 Å². The molecule has 1 N–H and O–H groups in total. The number of fused-ring (bicyclic) bond motifs is 1. The van der Waals surface area contributed by atoms with Crippen molar-refractivity contribution in [3.8, 4) is 0 Å². The molecule has 1 aliphatic heterocycles. The van der Waals surface area contributed by atoms with Gasteiger partial charge in [-0.05, 0) is 36.6 Å². The van der Waals surface area contributed by atoms with Crippen molar-refractivity contribution in [3.05, 3.63) is 71.3 Å². The summed E-state index contributed by atoms with van der Waals surface area (Å²) in [5.41, 5.74) is 4.99. The lowest BCUT2D eigenvalue weighted by molar-refractivity contribution is 0.642. The van der Waals surface area contributed by atoms with Gasteiger partial charge in [-0.2, -0.15) is 0 Å². The van der Waals surface area contributed by atoms with Crippen molar-refractivity contribution in [2.75, 3.05) is 5.32 Å². The molecule has 1 aliphatic rings. The topological polar surface area (TPSA) is 12.0 Å². The average Bonchev–Trinajstić information content (AvgIpc) is 2.41. The minimum Gasteiger partial charge on any atom is -0.372 e. The molecule has 1 heteroatoms. The number of benzene rings is 2. The van der Waals surface area contributed by atoms with Gasteiger partial charge in [0.05, 0.1) is 5.54 Å². The van der Waals surface area contributed by atoms with Crippen LogP contribution in [0, 0.1) is 0 Å². The highest BCUT2D eigenvalue weighted by Crippen LogP contribution is 2.39. The standard InChI is InChI=1S/C17H17N/c1-13-12-14-8-6-7-11-16(14)18-17(13,2)15-9-4-3-5-10-15/h3-12,18H,1-2H3. The predicted molar refractivity (Wildman–Crippen MR) is 77.5 cm³/mol. The Labute approximate surface area is 108 Å². The molecule has 0 fully saturated rings. The molecule has 3 rings (SSSR count). The third-order valence-electron chi connectivity index (χ3n) is 3.86. The van der Waals surface area contributed by atoms with Gasteiger partial charge in [0.25, 0.3) is 0 Å². The van der Waals surface area contributed by atoms with Gasteiger partial charge in [-0.15, -0.1) is 0 Å². The Kier molecular flexibility index (Phi) is 2.48. The van der Waals surface area contributed by atoms with Gasteiger partial charge < -0.3 is 5.32 Å². The summed E-state index contributed by atoms with van der Waals surface area (Å²) in [7, 11) is 0. The van der Waals surface area contributed by atoms with Crippen LogP contribution in [0.4, 0.5) is 5.69 Å². The quantitative estimate of drug-likeness (QED) is 0.771. The average molecular weight is 235 g/mol. The lowest BCUT2D eigenvalue weighted by Crippen LogP contribution is -2.35. The van der Waals surface area contributed by atoms with Crippen LogP contribution >= 0.6 is 0 Å². The lowest BCUT2D eigenvalue weighted by Gasteiger charge is -2.37. The first-order chi connectivity index (χ1) is 8.70. The van der Waals surface area contributed by atoms with Crippen LogP contribution in [0.2, 0.25) is 0 Å². The fourth-order valence-electron chi connectivity index (χ4n) is 2.55. The molecular weight excluding hydrogens is 218 g/mol. The van der Waals surface area contributed by atoms with Crippen LogP contribution in [0.5, 0.6) is 0 Å². The summed E-state index contributed by atoms with van der Waals surface area (Å²) in [6.45, 7) is 4.43. The van der Waals surface area contributed by atoms with E-state index >= 15 is 0 Å². The smallest absolute Gasteiger partial charge is 0.0811 e. The van der Waals surface area contributed by atoms with Gasteiger partial charge >= 0.3 is 0 Å². The zero-order valence-corrected chi connectivity index (χ0v) is 10.8. The molecule has 2 aromatic carbocycles. The Morgan fingerprint density at radius 1 is 0.889 bits per heavy atom. The monoisotopic (exact) mass is 235 g/mol. The molecule has 0 saturated carbocycles. The minimum absolute atomic E-state index is 0.115. The highest BCUT2D eigenvalue weighted by molar-refractivity contribution is 5.75. The second kappa shape index (κ2) is 4.02. The van der Waals surface area contributed by atoms with Gasteiger partial charge in [0.15, 0.2) is 0 Å². The van der Waals surface area contributed by atoms with Crippen molar-refractivity contribution in [2.45, 2.75) is 19.4 Å². The van der Waals surface area contributed by atoms with Gasteiger partial charge in [-0.1, -0.05) is 54.6 Å². The summed E-state index contributed by atoms with van der Waals surface area (Å²) in [6.07, 6.45) is 2.28. The summed E-state index contributed by atoms with van der Waals surface area (Å²) >= 11 is 0. The molecule has 0 saturated heterocycles. The van der Waals surface area contributed by atoms with E-state index in [1.165, 1.54) is 22.4 Å². The van der Waals surface area contributed by atoms with Crippen LogP contribution in [-0.4, -0.2) is 0 Å². The lowest BCUT2D eigenvalue weighted by atomic mass is 9.81. The first-order valence-corrected chi connectivity index (χ1v) is 6.32. The Balaban J connectivity index is 2.12. The van der Waals surface area contributed by atoms with E-state index in [4.69, 9.17) is 0 Å². The zero-order chi connectivity index (χ0) is 12.6. The summed E-state index contributed by atoms with van der Waals surface area (Å²) in [5.74, 6) is 0. The SMILES string of the molecule is CC1=Cc2ccccc2NC1(C)c1ccccc1. The predicted octanol–water partition coefficient (Wildman–Crippen LogP) is 4.43. The highest BCUT2D eigenvalue weighted by atomic mass is 15.0. The maximum Gasteiger partial charge on any atom is 0.0811 e. The van der Waals surface area contributed by atoms with Crippen molar-refractivity contribution >= 4 is 11.8 Å². The molecule has 1 unspecified atom stereocenters. The number of nitrogens with one attached hydrogen (secondary N) is 1. The molecule has 1 nitrogen and oxygen atoms in total. The van der Waals surface area contributed by atoms with Gasteiger partial charge in [0, 0.05) is 5.69 Å². The maximum absolute atomic E-state index is 3.67. The third-order valence-corrected chi connectivity index (χ3v) is 3.86. The largest absolute Gasteiger partial charge is 0.372 e. The van der Waals surface area contributed by atoms with E-state index in [-0.39, 0.29) is 5.54 Å². The van der Waals surface area contributed by atoms with Gasteiger partial charge in [0.2, 0.25) is 0 Å². The van der Waals surface area contributed by atoms with E-state index < -0.39 is 0 Å². The second-order valence-electron chi connectivity index (χ2n) is 5.03. The normalized spacial score (nSPS) is 21.8. The van der Waals surface area contributed by atoms with Crippen LogP contribution in [0.1, 0.15) is 25.0 Å². The van der Waals surface area contributed by atoms with E-state index in [2.05, 4.69) is 79.8 Å². The second-order valence-corrected chi connectivity index (χ2v) is 5.03. The van der Waals surface area contributed by atoms with E-state index in [9.17, 15) is 0 Å². The van der Waals surface area contributed by atoms with Crippen LogP contribution in [0.25, 0.3) is 6.08 Å². The van der Waals surface area contributed by atoms with E-state index in [0.29, 0.717) is 0 Å². The highest BCUT2D eigenvalue weighted by Gasteiger charge is 2.31. The van der Waals surface area contributed by atoms with Crippen LogP contribution in [-0.2, 0) is 5.54 Å². The molecule has 1 heterocycles. The fourth-order valence-corrected chi connectivity index (χ4v) is 2.55. The van der Waals surface area contributed by atoms with E-state index in [0.717, 1.165) is 0 Å². The number of hydrogen-bond acceptors (Lipinski definition) is 1. The summed E-state index contributed by atoms with van der Waals surface area (Å²) in [6, 6.07) is 19.0. The molecule has 0 amide bonds. The molecule has 0 bridgehead atoms. The van der Waals surface area contributed by atoms with Gasteiger partial charge in [-0.25, -0.2) is 0 Å². The fraction of sp³-hybridized carbons (Fsp3) is 0.176. The minimum atomic E-state index is -0.115. The Hall–Kier alpha value is -2.02. The first kappa shape index (κ1) is 11.1. The van der Waals surface area contributed by atoms with E-state index in [1.54, 1.807) is 0 Å². The summed E-state index contributed by atoms with van der Waals surface area (Å²) in [4.78, 5) is 0. The number of hydrogen-bond donors (Lipinski definition) is 1. The molecular formula is C17H17N. The molecule has 0 radical (unpaired) electrons. The van der Waals surface area contributed by atoms with Crippen LogP contribution in [0.3, 0.4) is 0 Å². The Morgan fingerprint density at radius 2 is 1.56 bits per heavy atom. The van der Waals surface area contributed by atoms with Gasteiger partial charge in [0.1, 0.15) is 0 Å². The number of rotatable bonds is 1. The van der Waals surface area contributed by atoms with Crippen molar-refractivity contribution in [3.63, 3.8) is 0 Å². The molecule has 0 aliphatic carbocycles. The Bertz CT molecular complexity index is 598. The third kappa shape index (κ3) is 1.63. The van der Waals surface area contributed by atoms with Crippen molar-refractivity contribution < 1.29 is 0 Å². The van der Waals surface area contributed by atoms with Crippen molar-refractivity contribution in [2.24, 2.45) is 0 Å². The molecule has 0 spiro atoms.